The number of unbranched alkanes of at least 4 members (excludes halogenated alkanes) is 1. The second-order valence-electron chi connectivity index (χ2n) is 10.1. The van der Waals surface area contributed by atoms with Crippen molar-refractivity contribution in [2.24, 2.45) is 0 Å². The third-order valence-corrected chi connectivity index (χ3v) is 8.13. The Kier molecular flexibility index (Phi) is 8.51. The summed E-state index contributed by atoms with van der Waals surface area (Å²) in [5.74, 6) is 0.551. The van der Waals surface area contributed by atoms with Gasteiger partial charge in [-0.1, -0.05) is 103 Å². The summed E-state index contributed by atoms with van der Waals surface area (Å²) in [6, 6.07) is 34.5. The van der Waals surface area contributed by atoms with E-state index < -0.39 is 0 Å². The zero-order valence-electron chi connectivity index (χ0n) is 23.0. The van der Waals surface area contributed by atoms with E-state index in [4.69, 9.17) is 4.98 Å². The number of hydrogen-bond donors (Lipinski definition) is 1. The molecule has 1 N–H and O–H groups in total. The number of fused-ring (bicyclic) bond motifs is 3. The summed E-state index contributed by atoms with van der Waals surface area (Å²) in [6.45, 7) is 0.551. The molecule has 42 heavy (non-hydrogen) atoms. The van der Waals surface area contributed by atoms with Crippen LogP contribution < -0.4 is 5.32 Å². The lowest BCUT2D eigenvalue weighted by atomic mass is 9.98. The molecule has 8 heteroatoms. The highest BCUT2D eigenvalue weighted by atomic mass is 32.2. The molecule has 0 atom stereocenters. The topological polar surface area (TPSA) is 72.7 Å². The monoisotopic (exact) mass is 575 g/mol. The van der Waals surface area contributed by atoms with Crippen molar-refractivity contribution in [3.63, 3.8) is 0 Å². The van der Waals surface area contributed by atoms with Gasteiger partial charge in [0.05, 0.1) is 11.6 Å². The second-order valence-corrected chi connectivity index (χ2v) is 11.2. The zero-order chi connectivity index (χ0) is 28.7. The molecule has 0 bridgehead atoms. The van der Waals surface area contributed by atoms with Crippen LogP contribution >= 0.6 is 11.8 Å². The molecule has 1 amide bonds. The number of carbonyl (C=O) groups excluding carboxylic acids is 1. The van der Waals surface area contributed by atoms with Gasteiger partial charge in [0.15, 0.2) is 5.65 Å². The van der Waals surface area contributed by atoms with Gasteiger partial charge in [0.25, 0.3) is 0 Å². The third kappa shape index (κ3) is 6.34. The number of rotatable bonds is 11. The van der Waals surface area contributed by atoms with Gasteiger partial charge in [-0.3, -0.25) is 4.79 Å². The van der Waals surface area contributed by atoms with E-state index in [0.717, 1.165) is 57.4 Å². The van der Waals surface area contributed by atoms with Crippen LogP contribution in [0.4, 0.5) is 4.39 Å². The predicted octanol–water partition coefficient (Wildman–Crippen LogP) is 7.34. The van der Waals surface area contributed by atoms with Gasteiger partial charge < -0.3 is 9.88 Å². The number of nitrogens with zero attached hydrogens (tertiary/aromatic N) is 4. The van der Waals surface area contributed by atoms with Gasteiger partial charge in [-0.05, 0) is 47.7 Å². The van der Waals surface area contributed by atoms with Gasteiger partial charge in [-0.25, -0.2) is 9.37 Å². The quantitative estimate of drug-likeness (QED) is 0.129. The SMILES string of the molecule is O=C(CCCCSc1nnc2c3ccccc3n(Cc3ccc(F)cc3)c2n1)NC(c1ccccc1)c1ccccc1. The van der Waals surface area contributed by atoms with Crippen molar-refractivity contribution >= 4 is 39.7 Å². The first-order chi connectivity index (χ1) is 20.7. The minimum absolute atomic E-state index is 0.0300. The predicted molar refractivity (Wildman–Crippen MR) is 166 cm³/mol. The van der Waals surface area contributed by atoms with E-state index in [1.54, 1.807) is 23.9 Å². The molecule has 2 aromatic heterocycles. The van der Waals surface area contributed by atoms with Crippen molar-refractivity contribution in [2.75, 3.05) is 5.75 Å². The third-order valence-electron chi connectivity index (χ3n) is 7.21. The van der Waals surface area contributed by atoms with Crippen molar-refractivity contribution in [2.45, 2.75) is 37.0 Å². The molecule has 6 aromatic rings. The van der Waals surface area contributed by atoms with Crippen LogP contribution in [0.5, 0.6) is 0 Å². The molecule has 0 fully saturated rings. The van der Waals surface area contributed by atoms with E-state index in [1.165, 1.54) is 12.1 Å². The number of carbonyl (C=O) groups is 1. The Morgan fingerprint density at radius 2 is 1.48 bits per heavy atom. The lowest BCUT2D eigenvalue weighted by molar-refractivity contribution is -0.121. The first-order valence-corrected chi connectivity index (χ1v) is 15.0. The van der Waals surface area contributed by atoms with Gasteiger partial charge in [0.1, 0.15) is 11.3 Å². The van der Waals surface area contributed by atoms with Crippen LogP contribution in [-0.2, 0) is 11.3 Å². The van der Waals surface area contributed by atoms with Gasteiger partial charge in [-0.15, -0.1) is 10.2 Å². The maximum Gasteiger partial charge on any atom is 0.220 e. The fourth-order valence-corrected chi connectivity index (χ4v) is 5.90. The summed E-state index contributed by atoms with van der Waals surface area (Å²) < 4.78 is 15.6. The molecule has 0 radical (unpaired) electrons. The first kappa shape index (κ1) is 27.6. The van der Waals surface area contributed by atoms with Crippen LogP contribution in [0.1, 0.15) is 42.0 Å². The van der Waals surface area contributed by atoms with Gasteiger partial charge >= 0.3 is 0 Å². The van der Waals surface area contributed by atoms with Crippen molar-refractivity contribution < 1.29 is 9.18 Å². The van der Waals surface area contributed by atoms with E-state index in [9.17, 15) is 9.18 Å². The Morgan fingerprint density at radius 3 is 2.19 bits per heavy atom. The number of hydrogen-bond acceptors (Lipinski definition) is 5. The lowest BCUT2D eigenvalue weighted by Gasteiger charge is -2.20. The molecular formula is C34H30FN5OS. The average Bonchev–Trinajstić information content (AvgIpc) is 3.34. The number of aromatic nitrogens is 4. The molecule has 0 saturated carbocycles. The van der Waals surface area contributed by atoms with Gasteiger partial charge in [-0.2, -0.15) is 0 Å². The molecule has 0 saturated heterocycles. The van der Waals surface area contributed by atoms with Crippen molar-refractivity contribution in [3.8, 4) is 0 Å². The molecule has 0 aliphatic rings. The van der Waals surface area contributed by atoms with Crippen molar-refractivity contribution in [1.82, 2.24) is 25.1 Å². The highest BCUT2D eigenvalue weighted by Crippen LogP contribution is 2.28. The number of thioether (sulfide) groups is 1. The summed E-state index contributed by atoms with van der Waals surface area (Å²) in [6.07, 6.45) is 2.05. The summed E-state index contributed by atoms with van der Waals surface area (Å²) in [4.78, 5) is 17.8. The van der Waals surface area contributed by atoms with E-state index in [2.05, 4.69) is 20.1 Å². The Bertz CT molecular complexity index is 1750. The number of amides is 1. The number of para-hydroxylation sites is 1. The molecule has 0 spiro atoms. The number of halogens is 1. The van der Waals surface area contributed by atoms with Crippen molar-refractivity contribution in [1.29, 1.82) is 0 Å². The molecule has 6 nitrogen and oxygen atoms in total. The largest absolute Gasteiger partial charge is 0.345 e. The van der Waals surface area contributed by atoms with E-state index >= 15 is 0 Å². The van der Waals surface area contributed by atoms with E-state index in [0.29, 0.717) is 18.1 Å². The van der Waals surface area contributed by atoms with Gasteiger partial charge in [0.2, 0.25) is 11.1 Å². The molecular weight excluding hydrogens is 545 g/mol. The Morgan fingerprint density at radius 1 is 0.810 bits per heavy atom. The maximum absolute atomic E-state index is 13.5. The summed E-state index contributed by atoms with van der Waals surface area (Å²) >= 11 is 1.54. The fraction of sp³-hybridized carbons (Fsp3) is 0.176. The van der Waals surface area contributed by atoms with Crippen LogP contribution in [0.15, 0.2) is 114 Å². The molecule has 0 aliphatic heterocycles. The average molecular weight is 576 g/mol. The second kappa shape index (κ2) is 13.0. The normalized spacial score (nSPS) is 11.4. The lowest BCUT2D eigenvalue weighted by Crippen LogP contribution is -2.29. The Hall–Kier alpha value is -4.56. The van der Waals surface area contributed by atoms with Crippen LogP contribution in [0.2, 0.25) is 0 Å². The zero-order valence-corrected chi connectivity index (χ0v) is 23.8. The van der Waals surface area contributed by atoms with Crippen LogP contribution in [0.3, 0.4) is 0 Å². The highest BCUT2D eigenvalue weighted by molar-refractivity contribution is 7.99. The molecule has 0 unspecified atom stereocenters. The minimum Gasteiger partial charge on any atom is -0.345 e. The summed E-state index contributed by atoms with van der Waals surface area (Å²) in [5, 5.41) is 13.7. The van der Waals surface area contributed by atoms with Gasteiger partial charge in [0, 0.05) is 24.1 Å². The van der Waals surface area contributed by atoms with Crippen molar-refractivity contribution in [3.05, 3.63) is 132 Å². The molecule has 2 heterocycles. The van der Waals surface area contributed by atoms with Crippen LogP contribution in [-0.4, -0.2) is 31.4 Å². The molecule has 0 aliphatic carbocycles. The molecule has 4 aromatic carbocycles. The van der Waals surface area contributed by atoms with Crippen LogP contribution in [0.25, 0.3) is 22.1 Å². The summed E-state index contributed by atoms with van der Waals surface area (Å²) in [7, 11) is 0. The molecule has 6 rings (SSSR count). The molecule has 210 valence electrons. The minimum atomic E-state index is -0.256. The summed E-state index contributed by atoms with van der Waals surface area (Å²) in [5.41, 5.74) is 5.61. The van der Waals surface area contributed by atoms with E-state index in [1.807, 2.05) is 84.9 Å². The smallest absolute Gasteiger partial charge is 0.220 e. The Labute approximate surface area is 248 Å². The maximum atomic E-state index is 13.5. The van der Waals surface area contributed by atoms with E-state index in [-0.39, 0.29) is 17.8 Å². The first-order valence-electron chi connectivity index (χ1n) is 14.0. The standard InChI is InChI=1S/C34H30FN5OS/c35-27-20-18-24(19-21-27)23-40-29-16-8-7-15-28(29)32-33(40)37-34(39-38-32)42-22-10-9-17-30(41)36-31(25-11-3-1-4-12-25)26-13-5-2-6-14-26/h1-8,11-16,18-21,31H,9-10,17,22-23H2,(H,36,41). The number of benzene rings is 4. The number of nitrogens with one attached hydrogen (secondary N) is 1. The highest BCUT2D eigenvalue weighted by Gasteiger charge is 2.17. The Balaban J connectivity index is 1.08. The fourth-order valence-electron chi connectivity index (χ4n) is 5.12. The van der Waals surface area contributed by atoms with Crippen LogP contribution in [0, 0.1) is 5.82 Å².